The van der Waals surface area contributed by atoms with Gasteiger partial charge < -0.3 is 5.11 Å². The third-order valence-electron chi connectivity index (χ3n) is 4.19. The molecular weight excluding hydrogens is 284 g/mol. The van der Waals surface area contributed by atoms with Crippen molar-refractivity contribution in [3.05, 3.63) is 40.4 Å². The first-order valence-electron chi connectivity index (χ1n) is 7.57. The Morgan fingerprint density at radius 1 is 1.29 bits per heavy atom. The average molecular weight is 309 g/mol. The number of aliphatic hydroxyl groups excluding tert-OH is 1. The molecule has 1 aliphatic heterocycles. The highest BCUT2D eigenvalue weighted by molar-refractivity contribution is 6.30. The standard InChI is InChI=1S/C17H25ClN2O/c1-4-13(2)16-9-15(10-17(18)11-16)12-19-5-7-20(8-6-19)14(3)21/h4,9-11,14,21H,5-8,12H2,1-3H3. The number of allylic oxidation sites excluding steroid dienone is 2. The zero-order valence-corrected chi connectivity index (χ0v) is 13.9. The number of benzene rings is 1. The highest BCUT2D eigenvalue weighted by Gasteiger charge is 2.19. The number of rotatable bonds is 4. The molecule has 1 aromatic rings. The van der Waals surface area contributed by atoms with Crippen molar-refractivity contribution in [1.82, 2.24) is 9.80 Å². The number of halogens is 1. The van der Waals surface area contributed by atoms with E-state index < -0.39 is 0 Å². The molecule has 1 heterocycles. The van der Waals surface area contributed by atoms with Crippen molar-refractivity contribution in [2.24, 2.45) is 0 Å². The molecular formula is C17H25ClN2O. The third kappa shape index (κ3) is 4.55. The molecule has 1 N–H and O–H groups in total. The minimum absolute atomic E-state index is 0.345. The van der Waals surface area contributed by atoms with Crippen molar-refractivity contribution in [2.75, 3.05) is 26.2 Å². The van der Waals surface area contributed by atoms with Crippen LogP contribution in [0.2, 0.25) is 5.02 Å². The molecule has 4 heteroatoms. The van der Waals surface area contributed by atoms with E-state index in [2.05, 4.69) is 34.9 Å². The lowest BCUT2D eigenvalue weighted by Gasteiger charge is -2.36. The first-order valence-corrected chi connectivity index (χ1v) is 7.94. The second-order valence-electron chi connectivity index (χ2n) is 5.76. The van der Waals surface area contributed by atoms with Crippen molar-refractivity contribution < 1.29 is 5.11 Å². The average Bonchev–Trinajstić information content (AvgIpc) is 2.46. The molecule has 1 unspecified atom stereocenters. The van der Waals surface area contributed by atoms with Gasteiger partial charge in [0.15, 0.2) is 0 Å². The SMILES string of the molecule is CC=C(C)c1cc(Cl)cc(CN2CCN(C(C)O)CC2)c1. The van der Waals surface area contributed by atoms with Gasteiger partial charge in [0.1, 0.15) is 6.23 Å². The molecule has 116 valence electrons. The number of aliphatic hydroxyl groups is 1. The molecule has 0 bridgehead atoms. The van der Waals surface area contributed by atoms with Crippen molar-refractivity contribution in [2.45, 2.75) is 33.5 Å². The van der Waals surface area contributed by atoms with Gasteiger partial charge in [0.05, 0.1) is 0 Å². The Labute approximate surface area is 132 Å². The van der Waals surface area contributed by atoms with Crippen LogP contribution in [-0.4, -0.2) is 47.3 Å². The van der Waals surface area contributed by atoms with Gasteiger partial charge in [-0.3, -0.25) is 9.80 Å². The fourth-order valence-electron chi connectivity index (χ4n) is 2.69. The molecule has 0 aliphatic carbocycles. The molecule has 1 aliphatic rings. The van der Waals surface area contributed by atoms with Crippen LogP contribution in [0.3, 0.4) is 0 Å². The van der Waals surface area contributed by atoms with E-state index in [0.717, 1.165) is 37.7 Å². The van der Waals surface area contributed by atoms with Crippen LogP contribution in [0.5, 0.6) is 0 Å². The Hall–Kier alpha value is -0.870. The zero-order chi connectivity index (χ0) is 15.4. The first-order chi connectivity index (χ1) is 9.99. The summed E-state index contributed by atoms with van der Waals surface area (Å²) in [5.41, 5.74) is 3.70. The summed E-state index contributed by atoms with van der Waals surface area (Å²) in [7, 11) is 0. The van der Waals surface area contributed by atoms with Crippen molar-refractivity contribution in [3.63, 3.8) is 0 Å². The van der Waals surface area contributed by atoms with Gasteiger partial charge in [0, 0.05) is 37.7 Å². The van der Waals surface area contributed by atoms with E-state index in [1.807, 2.05) is 19.9 Å². The first kappa shape index (κ1) is 16.5. The maximum Gasteiger partial charge on any atom is 0.104 e. The number of nitrogens with zero attached hydrogens (tertiary/aromatic N) is 2. The predicted octanol–water partition coefficient (Wildman–Crippen LogP) is 3.22. The number of hydrogen-bond acceptors (Lipinski definition) is 3. The van der Waals surface area contributed by atoms with Crippen LogP contribution in [0, 0.1) is 0 Å². The molecule has 1 aromatic carbocycles. The normalized spacial score (nSPS) is 19.8. The molecule has 21 heavy (non-hydrogen) atoms. The van der Waals surface area contributed by atoms with Gasteiger partial charge in [0.2, 0.25) is 0 Å². The van der Waals surface area contributed by atoms with Gasteiger partial charge in [-0.25, -0.2) is 0 Å². The minimum Gasteiger partial charge on any atom is -0.379 e. The van der Waals surface area contributed by atoms with E-state index in [1.54, 1.807) is 0 Å². The van der Waals surface area contributed by atoms with Crippen LogP contribution in [0.15, 0.2) is 24.3 Å². The topological polar surface area (TPSA) is 26.7 Å². The summed E-state index contributed by atoms with van der Waals surface area (Å²) >= 11 is 6.25. The van der Waals surface area contributed by atoms with Gasteiger partial charge in [-0.2, -0.15) is 0 Å². The van der Waals surface area contributed by atoms with Gasteiger partial charge in [0.25, 0.3) is 0 Å². The quantitative estimate of drug-likeness (QED) is 0.925. The molecule has 0 saturated carbocycles. The Morgan fingerprint density at radius 2 is 1.95 bits per heavy atom. The Bertz CT molecular complexity index is 506. The second-order valence-corrected chi connectivity index (χ2v) is 6.20. The van der Waals surface area contributed by atoms with E-state index in [-0.39, 0.29) is 6.23 Å². The van der Waals surface area contributed by atoms with Crippen LogP contribution in [0.25, 0.3) is 5.57 Å². The summed E-state index contributed by atoms with van der Waals surface area (Å²) in [5, 5.41) is 10.4. The molecule has 1 fully saturated rings. The molecule has 0 radical (unpaired) electrons. The maximum atomic E-state index is 9.60. The predicted molar refractivity (Wildman–Crippen MR) is 89.3 cm³/mol. The van der Waals surface area contributed by atoms with Crippen molar-refractivity contribution in [1.29, 1.82) is 0 Å². The van der Waals surface area contributed by atoms with Crippen molar-refractivity contribution in [3.8, 4) is 0 Å². The fraction of sp³-hybridized carbons (Fsp3) is 0.529. The number of hydrogen-bond donors (Lipinski definition) is 1. The largest absolute Gasteiger partial charge is 0.379 e. The summed E-state index contributed by atoms with van der Waals surface area (Å²) in [4.78, 5) is 4.52. The van der Waals surface area contributed by atoms with Crippen LogP contribution in [0.4, 0.5) is 0 Å². The van der Waals surface area contributed by atoms with Gasteiger partial charge in [-0.1, -0.05) is 23.7 Å². The van der Waals surface area contributed by atoms with E-state index in [9.17, 15) is 5.11 Å². The van der Waals surface area contributed by atoms with Gasteiger partial charge in [-0.15, -0.1) is 0 Å². The van der Waals surface area contributed by atoms with E-state index in [1.165, 1.54) is 16.7 Å². The zero-order valence-electron chi connectivity index (χ0n) is 13.1. The highest BCUT2D eigenvalue weighted by Crippen LogP contribution is 2.22. The number of piperazine rings is 1. The smallest absolute Gasteiger partial charge is 0.104 e. The lowest BCUT2D eigenvalue weighted by atomic mass is 10.0. The van der Waals surface area contributed by atoms with Crippen LogP contribution in [0.1, 0.15) is 31.9 Å². The Morgan fingerprint density at radius 3 is 2.52 bits per heavy atom. The van der Waals surface area contributed by atoms with Crippen LogP contribution in [-0.2, 0) is 6.54 Å². The molecule has 1 atom stereocenters. The Kier molecular flexibility index (Phi) is 5.82. The fourth-order valence-corrected chi connectivity index (χ4v) is 2.95. The van der Waals surface area contributed by atoms with Crippen LogP contribution < -0.4 is 0 Å². The highest BCUT2D eigenvalue weighted by atomic mass is 35.5. The molecule has 0 spiro atoms. The maximum absolute atomic E-state index is 9.60. The van der Waals surface area contributed by atoms with Crippen molar-refractivity contribution >= 4 is 17.2 Å². The minimum atomic E-state index is -0.345. The second kappa shape index (κ2) is 7.41. The summed E-state index contributed by atoms with van der Waals surface area (Å²) in [6.07, 6.45) is 1.76. The lowest BCUT2D eigenvalue weighted by molar-refractivity contribution is -0.0141. The monoisotopic (exact) mass is 308 g/mol. The molecule has 0 aromatic heterocycles. The molecule has 2 rings (SSSR count). The summed E-state index contributed by atoms with van der Waals surface area (Å²) in [6.45, 7) is 10.7. The Balaban J connectivity index is 2.02. The third-order valence-corrected chi connectivity index (χ3v) is 4.41. The molecule has 0 amide bonds. The van der Waals surface area contributed by atoms with E-state index >= 15 is 0 Å². The van der Waals surface area contributed by atoms with E-state index in [4.69, 9.17) is 11.6 Å². The molecule has 1 saturated heterocycles. The van der Waals surface area contributed by atoms with Gasteiger partial charge in [-0.05, 0) is 49.6 Å². The summed E-state index contributed by atoms with van der Waals surface area (Å²) in [6, 6.07) is 6.29. The summed E-state index contributed by atoms with van der Waals surface area (Å²) in [5.74, 6) is 0. The lowest BCUT2D eigenvalue weighted by Crippen LogP contribution is -2.49. The van der Waals surface area contributed by atoms with Gasteiger partial charge >= 0.3 is 0 Å². The molecule has 3 nitrogen and oxygen atoms in total. The van der Waals surface area contributed by atoms with Crippen LogP contribution >= 0.6 is 11.6 Å². The van der Waals surface area contributed by atoms with E-state index in [0.29, 0.717) is 0 Å². The summed E-state index contributed by atoms with van der Waals surface area (Å²) < 4.78 is 0.